The third-order valence-electron chi connectivity index (χ3n) is 10.4. The SMILES string of the molecule is CN1CCOCC1.COc1ccccc1CN(C(=O)c1cc(-c2c(C)cc(Cl)cc2C(=O)N2CCC3=CCCC=C3C2)n(C)c1C)c1ccc(O)cc1. The number of piperidine rings is 1. The van der Waals surface area contributed by atoms with Crippen molar-refractivity contribution in [2.75, 3.05) is 58.5 Å². The fourth-order valence-electron chi connectivity index (χ4n) is 7.21. The molecule has 4 aromatic rings. The van der Waals surface area contributed by atoms with Gasteiger partial charge >= 0.3 is 0 Å². The Hall–Kier alpha value is -4.83. The number of aromatic nitrogens is 1. The number of rotatable bonds is 7. The molecule has 9 nitrogen and oxygen atoms in total. The molecule has 3 aromatic carbocycles. The Morgan fingerprint density at radius 3 is 2.28 bits per heavy atom. The average Bonchev–Trinajstić information content (AvgIpc) is 3.46. The molecule has 0 spiro atoms. The average molecular weight is 737 g/mol. The van der Waals surface area contributed by atoms with Crippen molar-refractivity contribution in [3.63, 3.8) is 0 Å². The van der Waals surface area contributed by atoms with E-state index in [0.717, 1.165) is 73.6 Å². The Balaban J connectivity index is 0.000000616. The molecular formula is C43H49ClN4O5. The predicted octanol–water partition coefficient (Wildman–Crippen LogP) is 7.96. The van der Waals surface area contributed by atoms with Crippen LogP contribution in [0.1, 0.15) is 56.8 Å². The number of fused-ring (bicyclic) bond motifs is 1. The van der Waals surface area contributed by atoms with Crippen LogP contribution >= 0.6 is 11.6 Å². The number of aromatic hydroxyl groups is 1. The molecule has 0 saturated carbocycles. The Bertz CT molecular complexity index is 2030. The molecule has 0 atom stereocenters. The van der Waals surface area contributed by atoms with E-state index in [4.69, 9.17) is 21.1 Å². The van der Waals surface area contributed by atoms with Crippen molar-refractivity contribution in [2.45, 2.75) is 39.7 Å². The Morgan fingerprint density at radius 1 is 0.906 bits per heavy atom. The summed E-state index contributed by atoms with van der Waals surface area (Å²) < 4.78 is 12.7. The highest BCUT2D eigenvalue weighted by Gasteiger charge is 2.30. The van der Waals surface area contributed by atoms with Gasteiger partial charge in [-0.2, -0.15) is 0 Å². The highest BCUT2D eigenvalue weighted by atomic mass is 35.5. The largest absolute Gasteiger partial charge is 0.508 e. The van der Waals surface area contributed by atoms with E-state index in [1.807, 2.05) is 66.8 Å². The van der Waals surface area contributed by atoms with Crippen LogP contribution in [-0.4, -0.2) is 84.8 Å². The number of phenolic OH excluding ortho intramolecular Hbond substituents is 1. The standard InChI is InChI=1S/C38H38ClN3O4.C5H11NO/c1-24-19-29(39)20-33(37(44)41-18-17-26-9-5-6-10-27(26)22-41)36(24)34-21-32(25(2)40(34)3)38(45)42(30-13-15-31(43)16-14-30)23-28-11-7-8-12-35(28)46-4;1-6-2-4-7-5-3-6/h7-16,19-21,43H,5-6,17-18,22-23H2,1-4H3;2-5H2,1H3. The summed E-state index contributed by atoms with van der Waals surface area (Å²) in [4.78, 5) is 34.5. The zero-order chi connectivity index (χ0) is 37.6. The number of phenols is 1. The molecule has 2 aliphatic heterocycles. The number of hydrogen-bond acceptors (Lipinski definition) is 6. The van der Waals surface area contributed by atoms with Crippen molar-refractivity contribution in [3.8, 4) is 22.8 Å². The van der Waals surface area contributed by atoms with E-state index >= 15 is 0 Å². The van der Waals surface area contributed by atoms with Crippen molar-refractivity contribution in [1.82, 2.24) is 14.4 Å². The number of halogens is 1. The highest BCUT2D eigenvalue weighted by Crippen LogP contribution is 2.37. The van der Waals surface area contributed by atoms with Crippen LogP contribution in [0.25, 0.3) is 11.3 Å². The number of amides is 2. The van der Waals surface area contributed by atoms with Gasteiger partial charge in [-0.05, 0) is 105 Å². The lowest BCUT2D eigenvalue weighted by Crippen LogP contribution is -2.38. The number of para-hydroxylation sites is 1. The van der Waals surface area contributed by atoms with Gasteiger partial charge in [-0.3, -0.25) is 9.59 Å². The quantitative estimate of drug-likeness (QED) is 0.207. The Kier molecular flexibility index (Phi) is 12.1. The lowest BCUT2D eigenvalue weighted by Gasteiger charge is -2.33. The van der Waals surface area contributed by atoms with Gasteiger partial charge in [-0.15, -0.1) is 0 Å². The van der Waals surface area contributed by atoms with Gasteiger partial charge in [0.25, 0.3) is 11.8 Å². The molecular weight excluding hydrogens is 688 g/mol. The van der Waals surface area contributed by atoms with Crippen molar-refractivity contribution >= 4 is 29.1 Å². The van der Waals surface area contributed by atoms with Crippen LogP contribution in [-0.2, 0) is 18.3 Å². The molecule has 2 amide bonds. The number of ether oxygens (including phenoxy) is 2. The first-order valence-electron chi connectivity index (χ1n) is 18.2. The molecule has 1 aliphatic carbocycles. The van der Waals surface area contributed by atoms with Gasteiger partial charge in [-0.1, -0.05) is 42.0 Å². The molecule has 3 heterocycles. The number of likely N-dealkylation sites (N-methyl/N-ethyl adjacent to an activating group) is 1. The molecule has 2 saturated heterocycles. The molecule has 0 bridgehead atoms. The summed E-state index contributed by atoms with van der Waals surface area (Å²) in [5.74, 6) is 0.506. The first-order valence-corrected chi connectivity index (χ1v) is 18.6. The summed E-state index contributed by atoms with van der Waals surface area (Å²) in [5.41, 5.74) is 8.23. The zero-order valence-corrected chi connectivity index (χ0v) is 32.1. The number of carbonyl (C=O) groups excluding carboxylic acids is 2. The van der Waals surface area contributed by atoms with Crippen LogP contribution in [0, 0.1) is 13.8 Å². The topological polar surface area (TPSA) is 87.5 Å². The second kappa shape index (κ2) is 16.9. The van der Waals surface area contributed by atoms with E-state index in [2.05, 4.69) is 24.1 Å². The summed E-state index contributed by atoms with van der Waals surface area (Å²) >= 11 is 6.57. The number of hydrogen-bond donors (Lipinski definition) is 1. The monoisotopic (exact) mass is 736 g/mol. The molecule has 10 heteroatoms. The number of carbonyl (C=O) groups is 2. The van der Waals surface area contributed by atoms with Crippen molar-refractivity contribution in [3.05, 3.63) is 123 Å². The summed E-state index contributed by atoms with van der Waals surface area (Å²) in [5, 5.41) is 10.5. The molecule has 278 valence electrons. The Morgan fingerprint density at radius 2 is 1.60 bits per heavy atom. The summed E-state index contributed by atoms with van der Waals surface area (Å²) in [7, 11) is 5.64. The third-order valence-corrected chi connectivity index (χ3v) is 10.6. The van der Waals surface area contributed by atoms with Gasteiger partial charge in [0, 0.05) is 66.5 Å². The number of nitrogens with zero attached hydrogens (tertiary/aromatic N) is 4. The van der Waals surface area contributed by atoms with Crippen LogP contribution in [0.2, 0.25) is 5.02 Å². The van der Waals surface area contributed by atoms with Crippen LogP contribution in [0.15, 0.2) is 90.0 Å². The first-order chi connectivity index (χ1) is 25.5. The zero-order valence-electron chi connectivity index (χ0n) is 31.3. The third kappa shape index (κ3) is 8.54. The van der Waals surface area contributed by atoms with Gasteiger partial charge in [0.2, 0.25) is 0 Å². The summed E-state index contributed by atoms with van der Waals surface area (Å²) in [6, 6.07) is 19.7. The molecule has 1 N–H and O–H groups in total. The van der Waals surface area contributed by atoms with Crippen molar-refractivity contribution in [1.29, 1.82) is 0 Å². The van der Waals surface area contributed by atoms with E-state index in [1.54, 1.807) is 42.3 Å². The van der Waals surface area contributed by atoms with E-state index in [1.165, 1.54) is 11.1 Å². The van der Waals surface area contributed by atoms with Gasteiger partial charge in [0.05, 0.1) is 38.0 Å². The minimum Gasteiger partial charge on any atom is -0.508 e. The van der Waals surface area contributed by atoms with Crippen LogP contribution < -0.4 is 9.64 Å². The van der Waals surface area contributed by atoms with Gasteiger partial charge in [0.1, 0.15) is 11.5 Å². The van der Waals surface area contributed by atoms with E-state index in [9.17, 15) is 14.7 Å². The molecule has 2 fully saturated rings. The lowest BCUT2D eigenvalue weighted by molar-refractivity contribution is 0.0503. The molecule has 7 rings (SSSR count). The normalized spacial score (nSPS) is 15.8. The number of aryl methyl sites for hydroxylation is 1. The van der Waals surface area contributed by atoms with Gasteiger partial charge in [0.15, 0.2) is 0 Å². The van der Waals surface area contributed by atoms with Crippen LogP contribution in [0.4, 0.5) is 5.69 Å². The number of anilines is 1. The predicted molar refractivity (Wildman–Crippen MR) is 211 cm³/mol. The number of methoxy groups -OCH3 is 1. The fourth-order valence-corrected chi connectivity index (χ4v) is 7.49. The highest BCUT2D eigenvalue weighted by molar-refractivity contribution is 6.31. The summed E-state index contributed by atoms with van der Waals surface area (Å²) in [6.07, 6.45) is 7.45. The van der Waals surface area contributed by atoms with Crippen LogP contribution in [0.5, 0.6) is 11.5 Å². The van der Waals surface area contributed by atoms with Crippen molar-refractivity contribution < 1.29 is 24.2 Å². The van der Waals surface area contributed by atoms with Crippen molar-refractivity contribution in [2.24, 2.45) is 7.05 Å². The molecule has 3 aliphatic rings. The van der Waals surface area contributed by atoms with Gasteiger partial charge in [-0.25, -0.2) is 0 Å². The maximum Gasteiger partial charge on any atom is 0.260 e. The van der Waals surface area contributed by atoms with E-state index in [0.29, 0.717) is 40.7 Å². The molecule has 0 unspecified atom stereocenters. The second-order valence-electron chi connectivity index (χ2n) is 13.9. The first kappa shape index (κ1) is 37.9. The molecule has 53 heavy (non-hydrogen) atoms. The van der Waals surface area contributed by atoms with E-state index in [-0.39, 0.29) is 24.1 Å². The Labute approximate surface area is 317 Å². The number of likely N-dealkylation sites (tertiary alicyclic amines) is 1. The minimum atomic E-state index is -0.213. The smallest absolute Gasteiger partial charge is 0.260 e. The molecule has 0 radical (unpaired) electrons. The van der Waals surface area contributed by atoms with E-state index < -0.39 is 0 Å². The number of morpholine rings is 1. The summed E-state index contributed by atoms with van der Waals surface area (Å²) in [6.45, 7) is 9.36. The second-order valence-corrected chi connectivity index (χ2v) is 14.3. The maximum absolute atomic E-state index is 14.5. The maximum atomic E-state index is 14.5. The lowest BCUT2D eigenvalue weighted by atomic mass is 9.90. The number of allylic oxidation sites excluding steroid dienone is 2. The fraction of sp³-hybridized carbons (Fsp3) is 0.349. The van der Waals surface area contributed by atoms with Gasteiger partial charge < -0.3 is 33.8 Å². The minimum absolute atomic E-state index is 0.0697. The molecule has 1 aromatic heterocycles. The van der Waals surface area contributed by atoms with Crippen LogP contribution in [0.3, 0.4) is 0 Å². The number of benzene rings is 3.